The number of carbonyl (C=O) groups is 2. The molecule has 0 aliphatic carbocycles. The Morgan fingerprint density at radius 3 is 1.56 bits per heavy atom. The zero-order valence-electron chi connectivity index (χ0n) is 17.8. The van der Waals surface area contributed by atoms with Crippen molar-refractivity contribution in [2.24, 2.45) is 5.73 Å². The number of carbonyl (C=O) groups excluding carboxylic acids is 2. The highest BCUT2D eigenvalue weighted by atomic mass is 16.5. The molecule has 5 heteroatoms. The minimum atomic E-state index is -0.920. The third-order valence-corrected chi connectivity index (χ3v) is 4.69. The maximum Gasteiger partial charge on any atom is 0.323 e. The van der Waals surface area contributed by atoms with Crippen molar-refractivity contribution in [1.29, 1.82) is 0 Å². The lowest BCUT2D eigenvalue weighted by Gasteiger charge is -2.11. The first kappa shape index (κ1) is 25.9. The number of esters is 2. The summed E-state index contributed by atoms with van der Waals surface area (Å²) in [5, 5.41) is 0. The van der Waals surface area contributed by atoms with Gasteiger partial charge in [-0.25, -0.2) is 0 Å². The fourth-order valence-electron chi connectivity index (χ4n) is 2.91. The molecule has 0 amide bonds. The van der Waals surface area contributed by atoms with E-state index in [-0.39, 0.29) is 6.42 Å². The van der Waals surface area contributed by atoms with Gasteiger partial charge in [0.25, 0.3) is 0 Å². The molecule has 0 aliphatic rings. The van der Waals surface area contributed by atoms with Crippen LogP contribution in [0.15, 0.2) is 0 Å². The van der Waals surface area contributed by atoms with Gasteiger partial charge >= 0.3 is 11.9 Å². The van der Waals surface area contributed by atoms with Crippen LogP contribution < -0.4 is 5.73 Å². The van der Waals surface area contributed by atoms with E-state index in [0.29, 0.717) is 13.2 Å². The number of rotatable bonds is 19. The van der Waals surface area contributed by atoms with Crippen molar-refractivity contribution >= 4 is 11.9 Å². The Morgan fingerprint density at radius 1 is 0.667 bits per heavy atom. The van der Waals surface area contributed by atoms with Crippen molar-refractivity contribution < 1.29 is 19.1 Å². The summed E-state index contributed by atoms with van der Waals surface area (Å²) in [5.74, 6) is -0.921. The van der Waals surface area contributed by atoms with Gasteiger partial charge in [0.2, 0.25) is 0 Å². The Bertz CT molecular complexity index is 360. The predicted molar refractivity (Wildman–Crippen MR) is 110 cm³/mol. The van der Waals surface area contributed by atoms with Crippen LogP contribution in [0, 0.1) is 0 Å². The molecule has 0 radical (unpaired) electrons. The fourth-order valence-corrected chi connectivity index (χ4v) is 2.91. The third-order valence-electron chi connectivity index (χ3n) is 4.69. The second-order valence-electron chi connectivity index (χ2n) is 7.44. The number of unbranched alkanes of at least 4 members (excludes halogenated alkanes) is 12. The molecule has 0 bridgehead atoms. The van der Waals surface area contributed by atoms with Crippen LogP contribution in [0.4, 0.5) is 0 Å². The summed E-state index contributed by atoms with van der Waals surface area (Å²) < 4.78 is 10.3. The second-order valence-corrected chi connectivity index (χ2v) is 7.44. The zero-order valence-corrected chi connectivity index (χ0v) is 17.8. The molecule has 0 unspecified atom stereocenters. The molecule has 0 aliphatic heterocycles. The van der Waals surface area contributed by atoms with Crippen LogP contribution in [0.3, 0.4) is 0 Å². The molecule has 0 rings (SSSR count). The Morgan fingerprint density at radius 2 is 1.07 bits per heavy atom. The number of nitrogens with two attached hydrogens (primary N) is 1. The van der Waals surface area contributed by atoms with Crippen molar-refractivity contribution in [2.45, 2.75) is 116 Å². The summed E-state index contributed by atoms with van der Waals surface area (Å²) in [6.07, 6.45) is 16.2. The van der Waals surface area contributed by atoms with Gasteiger partial charge in [0.05, 0.1) is 19.6 Å². The minimum Gasteiger partial charge on any atom is -0.466 e. The van der Waals surface area contributed by atoms with Gasteiger partial charge in [-0.3, -0.25) is 9.59 Å². The summed E-state index contributed by atoms with van der Waals surface area (Å²) in [6, 6.07) is -0.920. The molecule has 0 aromatic rings. The molecule has 5 nitrogen and oxygen atoms in total. The van der Waals surface area contributed by atoms with Crippen LogP contribution in [0.5, 0.6) is 0 Å². The average Bonchev–Trinajstić information content (AvgIpc) is 2.65. The van der Waals surface area contributed by atoms with Crippen LogP contribution in [0.1, 0.15) is 110 Å². The highest BCUT2D eigenvalue weighted by Gasteiger charge is 2.19. The van der Waals surface area contributed by atoms with E-state index in [1.54, 1.807) is 0 Å². The van der Waals surface area contributed by atoms with E-state index in [1.807, 2.05) is 0 Å². The van der Waals surface area contributed by atoms with Crippen LogP contribution in [0.25, 0.3) is 0 Å². The lowest BCUT2D eigenvalue weighted by atomic mass is 10.1. The highest BCUT2D eigenvalue weighted by molar-refractivity contribution is 5.82. The van der Waals surface area contributed by atoms with Crippen molar-refractivity contribution in [3.05, 3.63) is 0 Å². The lowest BCUT2D eigenvalue weighted by Crippen LogP contribution is -2.35. The van der Waals surface area contributed by atoms with Gasteiger partial charge in [0, 0.05) is 0 Å². The zero-order chi connectivity index (χ0) is 20.2. The Hall–Kier alpha value is -1.10. The molecule has 2 N–H and O–H groups in total. The van der Waals surface area contributed by atoms with E-state index in [1.165, 1.54) is 64.2 Å². The van der Waals surface area contributed by atoms with Crippen LogP contribution >= 0.6 is 0 Å². The summed E-state index contributed by atoms with van der Waals surface area (Å²) in [6.45, 7) is 5.20. The van der Waals surface area contributed by atoms with Gasteiger partial charge in [0.15, 0.2) is 0 Å². The molecule has 0 aromatic heterocycles. The molecule has 0 spiro atoms. The molecule has 0 heterocycles. The number of hydrogen-bond donors (Lipinski definition) is 1. The van der Waals surface area contributed by atoms with Crippen molar-refractivity contribution in [2.75, 3.05) is 13.2 Å². The SMILES string of the molecule is CCCCCCCCCOC(=O)C[C@H](N)C(=O)OCCCCCCCCC. The maximum absolute atomic E-state index is 11.8. The van der Waals surface area contributed by atoms with Crippen LogP contribution in [-0.2, 0) is 19.1 Å². The molecule has 1 atom stereocenters. The standard InChI is InChI=1S/C22H43NO4/c1-3-5-7-9-11-13-15-17-26-21(24)19-20(23)22(25)27-18-16-14-12-10-8-6-4-2/h20H,3-19,23H2,1-2H3/t20-/m0/s1. The van der Waals surface area contributed by atoms with E-state index in [0.717, 1.165) is 25.7 Å². The van der Waals surface area contributed by atoms with Gasteiger partial charge in [-0.05, 0) is 12.8 Å². The van der Waals surface area contributed by atoms with E-state index in [4.69, 9.17) is 15.2 Å². The number of ether oxygens (including phenoxy) is 2. The van der Waals surface area contributed by atoms with E-state index >= 15 is 0 Å². The van der Waals surface area contributed by atoms with Gasteiger partial charge in [0.1, 0.15) is 6.04 Å². The molecule has 0 fully saturated rings. The lowest BCUT2D eigenvalue weighted by molar-refractivity contribution is -0.152. The third kappa shape index (κ3) is 18.0. The summed E-state index contributed by atoms with van der Waals surface area (Å²) in [5.41, 5.74) is 5.74. The summed E-state index contributed by atoms with van der Waals surface area (Å²) in [7, 11) is 0. The molecular formula is C22H43NO4. The van der Waals surface area contributed by atoms with Gasteiger partial charge in [-0.15, -0.1) is 0 Å². The summed E-state index contributed by atoms with van der Waals surface area (Å²) >= 11 is 0. The van der Waals surface area contributed by atoms with Gasteiger partial charge in [-0.2, -0.15) is 0 Å². The van der Waals surface area contributed by atoms with Gasteiger partial charge < -0.3 is 15.2 Å². The smallest absolute Gasteiger partial charge is 0.323 e. The highest BCUT2D eigenvalue weighted by Crippen LogP contribution is 2.08. The van der Waals surface area contributed by atoms with E-state index < -0.39 is 18.0 Å². The second kappa shape index (κ2) is 19.7. The molecule has 27 heavy (non-hydrogen) atoms. The van der Waals surface area contributed by atoms with Gasteiger partial charge in [-0.1, -0.05) is 90.9 Å². The van der Waals surface area contributed by atoms with E-state index in [9.17, 15) is 9.59 Å². The quantitative estimate of drug-likeness (QED) is 0.241. The van der Waals surface area contributed by atoms with Crippen molar-refractivity contribution in [3.63, 3.8) is 0 Å². The molecule has 0 saturated carbocycles. The van der Waals surface area contributed by atoms with E-state index in [2.05, 4.69) is 13.8 Å². The monoisotopic (exact) mass is 385 g/mol. The Balaban J connectivity index is 3.53. The Kier molecular flexibility index (Phi) is 18.9. The Labute approximate surface area is 166 Å². The molecule has 160 valence electrons. The topological polar surface area (TPSA) is 78.6 Å². The normalized spacial score (nSPS) is 12.0. The molecule has 0 saturated heterocycles. The largest absolute Gasteiger partial charge is 0.466 e. The fraction of sp³-hybridized carbons (Fsp3) is 0.909. The minimum absolute atomic E-state index is 0.105. The molecular weight excluding hydrogens is 342 g/mol. The van der Waals surface area contributed by atoms with Crippen LogP contribution in [0.2, 0.25) is 0 Å². The average molecular weight is 386 g/mol. The van der Waals surface area contributed by atoms with Crippen molar-refractivity contribution in [1.82, 2.24) is 0 Å². The van der Waals surface area contributed by atoms with Crippen molar-refractivity contribution in [3.8, 4) is 0 Å². The number of hydrogen-bond acceptors (Lipinski definition) is 5. The maximum atomic E-state index is 11.8. The predicted octanol–water partition coefficient (Wildman–Crippen LogP) is 5.29. The van der Waals surface area contributed by atoms with Crippen LogP contribution in [-0.4, -0.2) is 31.2 Å². The first-order valence-corrected chi connectivity index (χ1v) is 11.2. The molecule has 0 aromatic carbocycles. The summed E-state index contributed by atoms with van der Waals surface area (Å²) in [4.78, 5) is 23.5. The first-order chi connectivity index (χ1) is 13.1. The first-order valence-electron chi connectivity index (χ1n) is 11.2.